The fraction of sp³-hybridized carbons (Fsp3) is 0.833. The second-order valence-corrected chi connectivity index (χ2v) is 13.9. The molecular formula is C18H30O3Si. The minimum atomic E-state index is -1.82. The molecule has 0 aromatic heterocycles. The van der Waals surface area contributed by atoms with Gasteiger partial charge in [0.15, 0.2) is 8.32 Å². The number of fused-ring (bicyclic) bond motifs is 1. The van der Waals surface area contributed by atoms with Gasteiger partial charge in [-0.1, -0.05) is 32.9 Å². The van der Waals surface area contributed by atoms with E-state index in [-0.39, 0.29) is 16.2 Å². The number of hydrogen-bond acceptors (Lipinski definition) is 3. The molecule has 1 aliphatic carbocycles. The predicted molar refractivity (Wildman–Crippen MR) is 90.4 cm³/mol. The second-order valence-electron chi connectivity index (χ2n) is 9.07. The fourth-order valence-corrected chi connectivity index (χ4v) is 5.05. The van der Waals surface area contributed by atoms with E-state index in [1.807, 2.05) is 0 Å². The van der Waals surface area contributed by atoms with Gasteiger partial charge in [0.1, 0.15) is 5.78 Å². The molecule has 22 heavy (non-hydrogen) atoms. The van der Waals surface area contributed by atoms with Crippen molar-refractivity contribution in [1.29, 1.82) is 0 Å². The lowest BCUT2D eigenvalue weighted by Crippen LogP contribution is -2.51. The summed E-state index contributed by atoms with van der Waals surface area (Å²) in [5, 5.41) is 0.186. The van der Waals surface area contributed by atoms with Crippen molar-refractivity contribution in [2.75, 3.05) is 6.61 Å². The highest BCUT2D eigenvalue weighted by Crippen LogP contribution is 2.55. The van der Waals surface area contributed by atoms with Gasteiger partial charge in [-0.2, -0.15) is 0 Å². The Bertz CT molecular complexity index is 505. The summed E-state index contributed by atoms with van der Waals surface area (Å²) in [7, 11) is -1.82. The highest BCUT2D eigenvalue weighted by atomic mass is 28.4. The SMILES string of the molecule is CC(C)(C)[Si](C)(C)OC[C@@]12CC(=O)C[C@]3(CCC=C[C@@H]3C1)O2. The van der Waals surface area contributed by atoms with Crippen molar-refractivity contribution in [3.8, 4) is 0 Å². The highest BCUT2D eigenvalue weighted by molar-refractivity contribution is 6.74. The van der Waals surface area contributed by atoms with Crippen molar-refractivity contribution in [2.45, 2.75) is 82.2 Å². The maximum Gasteiger partial charge on any atom is 0.192 e. The lowest BCUT2D eigenvalue weighted by molar-refractivity contribution is -0.173. The molecule has 0 aromatic carbocycles. The summed E-state index contributed by atoms with van der Waals surface area (Å²) in [5.41, 5.74) is -0.592. The number of Topliss-reactive ketones (excluding diaryl/α,β-unsaturated/α-hetero) is 1. The molecule has 0 aromatic rings. The zero-order valence-electron chi connectivity index (χ0n) is 14.7. The molecule has 0 saturated carbocycles. The zero-order valence-corrected chi connectivity index (χ0v) is 15.7. The molecule has 2 saturated heterocycles. The first-order chi connectivity index (χ1) is 10.1. The Hall–Kier alpha value is -0.453. The van der Waals surface area contributed by atoms with Crippen LogP contribution in [0.4, 0.5) is 0 Å². The lowest BCUT2D eigenvalue weighted by atomic mass is 9.77. The number of carbonyl (C=O) groups excluding carboxylic acids is 1. The van der Waals surface area contributed by atoms with Gasteiger partial charge in [-0.15, -0.1) is 0 Å². The molecule has 0 radical (unpaired) electrons. The number of hydrogen-bond donors (Lipinski definition) is 0. The van der Waals surface area contributed by atoms with Crippen molar-refractivity contribution in [2.24, 2.45) is 5.92 Å². The molecule has 2 fully saturated rings. The molecule has 0 unspecified atom stereocenters. The average molecular weight is 323 g/mol. The van der Waals surface area contributed by atoms with Crippen molar-refractivity contribution in [3.05, 3.63) is 12.2 Å². The standard InChI is InChI=1S/C18H30O3Si/c1-16(2,3)22(4,5)20-13-17-10-14-8-6-7-9-18(14,21-17)12-15(19)11-17/h6,8,14H,7,9-13H2,1-5H3/t14-,17+,18+/m1/s1. The second kappa shape index (κ2) is 5.02. The van der Waals surface area contributed by atoms with E-state index in [2.05, 4.69) is 46.0 Å². The van der Waals surface area contributed by atoms with Gasteiger partial charge in [-0.3, -0.25) is 4.79 Å². The summed E-state index contributed by atoms with van der Waals surface area (Å²) in [6, 6.07) is 0. The normalized spacial score (nSPS) is 38.2. The van der Waals surface area contributed by atoms with E-state index in [0.29, 0.717) is 31.1 Å². The van der Waals surface area contributed by atoms with E-state index < -0.39 is 8.32 Å². The molecule has 3 atom stereocenters. The van der Waals surface area contributed by atoms with E-state index in [9.17, 15) is 4.79 Å². The van der Waals surface area contributed by atoms with Crippen molar-refractivity contribution in [1.82, 2.24) is 0 Å². The van der Waals surface area contributed by atoms with Crippen LogP contribution in [0, 0.1) is 5.92 Å². The number of allylic oxidation sites excluding steroid dienone is 1. The first-order valence-corrected chi connectivity index (χ1v) is 11.5. The molecule has 0 N–H and O–H groups in total. The molecular weight excluding hydrogens is 292 g/mol. The van der Waals surface area contributed by atoms with Crippen LogP contribution < -0.4 is 0 Å². The van der Waals surface area contributed by atoms with Crippen LogP contribution in [0.5, 0.6) is 0 Å². The minimum absolute atomic E-state index is 0.186. The number of ketones is 1. The van der Waals surface area contributed by atoms with E-state index in [1.54, 1.807) is 0 Å². The van der Waals surface area contributed by atoms with Crippen molar-refractivity contribution in [3.63, 3.8) is 0 Å². The van der Waals surface area contributed by atoms with E-state index in [4.69, 9.17) is 9.16 Å². The quantitative estimate of drug-likeness (QED) is 0.576. The Labute approximate surface area is 135 Å². The number of ether oxygens (including phenoxy) is 1. The molecule has 0 amide bonds. The number of carbonyl (C=O) groups is 1. The Balaban J connectivity index is 1.79. The molecule has 2 aliphatic heterocycles. The van der Waals surface area contributed by atoms with Gasteiger partial charge in [0.2, 0.25) is 0 Å². The summed E-state index contributed by atoms with van der Waals surface area (Å²) in [6.07, 6.45) is 8.65. The van der Waals surface area contributed by atoms with Gasteiger partial charge in [-0.05, 0) is 37.4 Å². The van der Waals surface area contributed by atoms with E-state index in [1.165, 1.54) is 0 Å². The predicted octanol–water partition coefficient (Wildman–Crippen LogP) is 4.24. The van der Waals surface area contributed by atoms with E-state index in [0.717, 1.165) is 19.3 Å². The van der Waals surface area contributed by atoms with Crippen LogP contribution in [0.15, 0.2) is 12.2 Å². The molecule has 3 rings (SSSR count). The third-order valence-electron chi connectivity index (χ3n) is 6.31. The molecule has 2 bridgehead atoms. The Kier molecular flexibility index (Phi) is 3.74. The summed E-state index contributed by atoms with van der Waals surface area (Å²) < 4.78 is 13.0. The Morgan fingerprint density at radius 2 is 2.09 bits per heavy atom. The minimum Gasteiger partial charge on any atom is -0.414 e. The third-order valence-corrected chi connectivity index (χ3v) is 10.8. The summed E-state index contributed by atoms with van der Waals surface area (Å²) in [4.78, 5) is 12.4. The van der Waals surface area contributed by atoms with Gasteiger partial charge in [0.05, 0.1) is 17.8 Å². The van der Waals surface area contributed by atoms with Gasteiger partial charge < -0.3 is 9.16 Å². The van der Waals surface area contributed by atoms with Gasteiger partial charge >= 0.3 is 0 Å². The first-order valence-electron chi connectivity index (χ1n) is 8.60. The maximum absolute atomic E-state index is 12.4. The first kappa shape index (κ1) is 16.4. The Morgan fingerprint density at radius 3 is 2.77 bits per heavy atom. The summed E-state index contributed by atoms with van der Waals surface area (Å²) in [5.74, 6) is 0.763. The maximum atomic E-state index is 12.4. The molecule has 124 valence electrons. The molecule has 3 nitrogen and oxygen atoms in total. The van der Waals surface area contributed by atoms with Crippen LogP contribution in [0.3, 0.4) is 0 Å². The van der Waals surface area contributed by atoms with Crippen LogP contribution in [-0.2, 0) is 14.0 Å². The molecule has 3 aliphatic rings. The van der Waals surface area contributed by atoms with Crippen LogP contribution in [0.1, 0.15) is 52.9 Å². The lowest BCUT2D eigenvalue weighted by Gasteiger charge is -2.43. The molecule has 4 heteroatoms. The topological polar surface area (TPSA) is 35.5 Å². The fourth-order valence-electron chi connectivity index (χ4n) is 3.99. The summed E-state index contributed by atoms with van der Waals surface area (Å²) in [6.45, 7) is 11.9. The zero-order chi connectivity index (χ0) is 16.2. The van der Waals surface area contributed by atoms with Gasteiger partial charge in [-0.25, -0.2) is 0 Å². The monoisotopic (exact) mass is 322 g/mol. The van der Waals surface area contributed by atoms with Crippen LogP contribution in [0.25, 0.3) is 0 Å². The van der Waals surface area contributed by atoms with E-state index >= 15 is 0 Å². The molecule has 2 heterocycles. The van der Waals surface area contributed by atoms with Crippen LogP contribution in [-0.4, -0.2) is 31.9 Å². The van der Waals surface area contributed by atoms with Crippen molar-refractivity contribution < 1.29 is 14.0 Å². The third kappa shape index (κ3) is 2.63. The summed E-state index contributed by atoms with van der Waals surface area (Å²) >= 11 is 0. The van der Waals surface area contributed by atoms with Crippen LogP contribution in [0.2, 0.25) is 18.1 Å². The molecule has 1 spiro atoms. The van der Waals surface area contributed by atoms with Crippen molar-refractivity contribution >= 4 is 14.1 Å². The Morgan fingerprint density at radius 1 is 1.36 bits per heavy atom. The van der Waals surface area contributed by atoms with Crippen LogP contribution >= 0.6 is 0 Å². The smallest absolute Gasteiger partial charge is 0.192 e. The number of rotatable bonds is 3. The highest BCUT2D eigenvalue weighted by Gasteiger charge is 2.60. The average Bonchev–Trinajstić information content (AvgIpc) is 2.62. The van der Waals surface area contributed by atoms with Gasteiger partial charge in [0.25, 0.3) is 0 Å². The largest absolute Gasteiger partial charge is 0.414 e. The van der Waals surface area contributed by atoms with Gasteiger partial charge in [0, 0.05) is 18.8 Å².